The number of carbonyl (C=O) groups is 2. The number of methoxy groups -OCH3 is 1. The van der Waals surface area contributed by atoms with E-state index < -0.39 is 18.0 Å². The number of esters is 1. The Morgan fingerprint density at radius 2 is 2.14 bits per heavy atom. The first-order chi connectivity index (χ1) is 14.0. The third-order valence-electron chi connectivity index (χ3n) is 3.95. The standard InChI is InChI=1S/C20H18N2O6S/c1-12(19(24)22-20-14(11-21)5-8-29-20)28-17(23)4-3-13-9-15(25-2)18-16(10-13)26-6-7-27-18/h3-5,8-10,12H,6-7H2,1-2H3,(H,22,24)/b4-3+/t12-/m0/s1. The summed E-state index contributed by atoms with van der Waals surface area (Å²) in [6.07, 6.45) is 1.71. The van der Waals surface area contributed by atoms with E-state index >= 15 is 0 Å². The lowest BCUT2D eigenvalue weighted by atomic mass is 10.1. The van der Waals surface area contributed by atoms with Crippen LogP contribution in [0.4, 0.5) is 5.00 Å². The van der Waals surface area contributed by atoms with Crippen LogP contribution in [0.15, 0.2) is 29.7 Å². The van der Waals surface area contributed by atoms with Crippen LogP contribution in [-0.2, 0) is 14.3 Å². The molecule has 0 unspecified atom stereocenters. The molecule has 1 aliphatic heterocycles. The quantitative estimate of drug-likeness (QED) is 0.572. The summed E-state index contributed by atoms with van der Waals surface area (Å²) in [5.41, 5.74) is 1.01. The van der Waals surface area contributed by atoms with Crippen molar-refractivity contribution in [1.82, 2.24) is 0 Å². The number of hydrogen-bond acceptors (Lipinski definition) is 8. The first-order valence-corrected chi connectivity index (χ1v) is 9.54. The molecule has 0 bridgehead atoms. The van der Waals surface area contributed by atoms with Gasteiger partial charge in [0, 0.05) is 6.08 Å². The molecule has 29 heavy (non-hydrogen) atoms. The molecule has 1 aromatic heterocycles. The number of hydrogen-bond donors (Lipinski definition) is 1. The molecule has 1 atom stereocenters. The zero-order valence-corrected chi connectivity index (χ0v) is 16.6. The lowest BCUT2D eigenvalue weighted by molar-refractivity contribution is -0.148. The maximum absolute atomic E-state index is 12.2. The Bertz CT molecular complexity index is 974. The van der Waals surface area contributed by atoms with Gasteiger partial charge in [0.15, 0.2) is 17.6 Å². The fourth-order valence-corrected chi connectivity index (χ4v) is 3.27. The maximum atomic E-state index is 12.2. The van der Waals surface area contributed by atoms with Crippen molar-refractivity contribution < 1.29 is 28.5 Å². The van der Waals surface area contributed by atoms with Crippen LogP contribution < -0.4 is 19.5 Å². The van der Waals surface area contributed by atoms with Crippen molar-refractivity contribution in [3.63, 3.8) is 0 Å². The van der Waals surface area contributed by atoms with Gasteiger partial charge in [-0.15, -0.1) is 11.3 Å². The highest BCUT2D eigenvalue weighted by Crippen LogP contribution is 2.40. The summed E-state index contributed by atoms with van der Waals surface area (Å²) in [6.45, 7) is 2.32. The SMILES string of the molecule is COc1cc(/C=C/C(=O)O[C@@H](C)C(=O)Nc2sccc2C#N)cc2c1OCCO2. The van der Waals surface area contributed by atoms with Crippen molar-refractivity contribution in [2.24, 2.45) is 0 Å². The molecule has 1 amide bonds. The van der Waals surface area contributed by atoms with Gasteiger partial charge in [0.05, 0.1) is 12.7 Å². The van der Waals surface area contributed by atoms with Crippen LogP contribution in [0.25, 0.3) is 6.08 Å². The van der Waals surface area contributed by atoms with Crippen LogP contribution in [0.1, 0.15) is 18.1 Å². The van der Waals surface area contributed by atoms with E-state index in [1.54, 1.807) is 23.6 Å². The highest BCUT2D eigenvalue weighted by molar-refractivity contribution is 7.14. The smallest absolute Gasteiger partial charge is 0.331 e. The number of nitrogens with zero attached hydrogens (tertiary/aromatic N) is 1. The van der Waals surface area contributed by atoms with Crippen LogP contribution in [0.2, 0.25) is 0 Å². The molecule has 1 aromatic carbocycles. The van der Waals surface area contributed by atoms with Crippen molar-refractivity contribution in [3.05, 3.63) is 40.8 Å². The van der Waals surface area contributed by atoms with E-state index in [0.29, 0.717) is 46.6 Å². The minimum Gasteiger partial charge on any atom is -0.493 e. The van der Waals surface area contributed by atoms with Gasteiger partial charge in [0.1, 0.15) is 24.3 Å². The predicted molar refractivity (Wildman–Crippen MR) is 106 cm³/mol. The van der Waals surface area contributed by atoms with Crippen LogP contribution in [0.5, 0.6) is 17.2 Å². The molecule has 3 rings (SSSR count). The molecule has 2 heterocycles. The first-order valence-electron chi connectivity index (χ1n) is 8.66. The molecule has 0 spiro atoms. The second kappa shape index (κ2) is 9.12. The average Bonchev–Trinajstić information content (AvgIpc) is 3.18. The van der Waals surface area contributed by atoms with Gasteiger partial charge in [-0.25, -0.2) is 4.79 Å². The number of thiophene rings is 1. The molecule has 8 nitrogen and oxygen atoms in total. The number of rotatable bonds is 6. The maximum Gasteiger partial charge on any atom is 0.331 e. The van der Waals surface area contributed by atoms with Crippen molar-refractivity contribution in [3.8, 4) is 23.3 Å². The number of fused-ring (bicyclic) bond motifs is 1. The lowest BCUT2D eigenvalue weighted by Gasteiger charge is -2.20. The van der Waals surface area contributed by atoms with E-state index in [1.807, 2.05) is 6.07 Å². The Morgan fingerprint density at radius 1 is 1.34 bits per heavy atom. The van der Waals surface area contributed by atoms with Crippen LogP contribution >= 0.6 is 11.3 Å². The first kappa shape index (κ1) is 20.2. The molecule has 0 aliphatic carbocycles. The van der Waals surface area contributed by atoms with Gasteiger partial charge in [-0.05, 0) is 42.1 Å². The summed E-state index contributed by atoms with van der Waals surface area (Å²) >= 11 is 1.22. The minimum absolute atomic E-state index is 0.356. The zero-order valence-electron chi connectivity index (χ0n) is 15.8. The van der Waals surface area contributed by atoms with E-state index in [9.17, 15) is 9.59 Å². The number of benzene rings is 1. The van der Waals surface area contributed by atoms with Crippen LogP contribution in [0, 0.1) is 11.3 Å². The van der Waals surface area contributed by atoms with Crippen LogP contribution in [0.3, 0.4) is 0 Å². The molecule has 150 valence electrons. The number of anilines is 1. The fourth-order valence-electron chi connectivity index (χ4n) is 2.53. The third kappa shape index (κ3) is 4.86. The van der Waals surface area contributed by atoms with Crippen LogP contribution in [-0.4, -0.2) is 38.3 Å². The third-order valence-corrected chi connectivity index (χ3v) is 4.78. The fraction of sp³-hybridized carbons (Fsp3) is 0.250. The highest BCUT2D eigenvalue weighted by Gasteiger charge is 2.20. The minimum atomic E-state index is -1.03. The largest absolute Gasteiger partial charge is 0.493 e. The van der Waals surface area contributed by atoms with Gasteiger partial charge in [0.25, 0.3) is 5.91 Å². The van der Waals surface area contributed by atoms with Crippen molar-refractivity contribution in [2.75, 3.05) is 25.6 Å². The molecule has 0 radical (unpaired) electrons. The number of amides is 1. The van der Waals surface area contributed by atoms with Crippen molar-refractivity contribution >= 4 is 34.3 Å². The van der Waals surface area contributed by atoms with Gasteiger partial charge >= 0.3 is 5.97 Å². The average molecular weight is 414 g/mol. The number of ether oxygens (including phenoxy) is 4. The summed E-state index contributed by atoms with van der Waals surface area (Å²) in [5.74, 6) is 0.335. The van der Waals surface area contributed by atoms with Gasteiger partial charge < -0.3 is 24.3 Å². The molecule has 0 saturated heterocycles. The van der Waals surface area contributed by atoms with Crippen molar-refractivity contribution in [2.45, 2.75) is 13.0 Å². The normalized spacial score (nSPS) is 13.4. The number of nitriles is 1. The lowest BCUT2D eigenvalue weighted by Crippen LogP contribution is -2.29. The van der Waals surface area contributed by atoms with E-state index in [4.69, 9.17) is 24.2 Å². The Hall–Kier alpha value is -3.51. The molecule has 1 N–H and O–H groups in total. The predicted octanol–water partition coefficient (Wildman–Crippen LogP) is 2.98. The summed E-state index contributed by atoms with van der Waals surface area (Å²) in [5, 5.41) is 13.7. The molecule has 1 aliphatic rings. The summed E-state index contributed by atoms with van der Waals surface area (Å²) in [7, 11) is 1.51. The second-order valence-electron chi connectivity index (χ2n) is 5.92. The molecular formula is C20H18N2O6S. The van der Waals surface area contributed by atoms with E-state index in [2.05, 4.69) is 5.32 Å². The highest BCUT2D eigenvalue weighted by atomic mass is 32.1. The van der Waals surface area contributed by atoms with Gasteiger partial charge in [0.2, 0.25) is 5.75 Å². The van der Waals surface area contributed by atoms with Crippen molar-refractivity contribution in [1.29, 1.82) is 5.26 Å². The number of carbonyl (C=O) groups excluding carboxylic acids is 2. The van der Waals surface area contributed by atoms with E-state index in [-0.39, 0.29) is 0 Å². The van der Waals surface area contributed by atoms with Gasteiger partial charge in [-0.2, -0.15) is 5.26 Å². The van der Waals surface area contributed by atoms with Gasteiger partial charge in [-0.3, -0.25) is 4.79 Å². The monoisotopic (exact) mass is 414 g/mol. The Kier molecular flexibility index (Phi) is 6.36. The summed E-state index contributed by atoms with van der Waals surface area (Å²) in [6, 6.07) is 7.00. The molecule has 0 fully saturated rings. The molecule has 0 saturated carbocycles. The van der Waals surface area contributed by atoms with E-state index in [1.165, 1.54) is 37.5 Å². The molecule has 2 aromatic rings. The second-order valence-corrected chi connectivity index (χ2v) is 6.84. The number of nitrogens with one attached hydrogen (secondary N) is 1. The Morgan fingerprint density at radius 3 is 2.90 bits per heavy atom. The summed E-state index contributed by atoms with van der Waals surface area (Å²) in [4.78, 5) is 24.2. The van der Waals surface area contributed by atoms with E-state index in [0.717, 1.165) is 0 Å². The topological polar surface area (TPSA) is 107 Å². The Labute approximate surface area is 171 Å². The summed E-state index contributed by atoms with van der Waals surface area (Å²) < 4.78 is 21.5. The zero-order chi connectivity index (χ0) is 20.8. The molecule has 9 heteroatoms. The van der Waals surface area contributed by atoms with Gasteiger partial charge in [-0.1, -0.05) is 0 Å². The Balaban J connectivity index is 1.62. The molecular weight excluding hydrogens is 396 g/mol.